The highest BCUT2D eigenvalue weighted by Gasteiger charge is 2.47. The number of aryl methyl sites for hydroxylation is 1. The molecule has 1 saturated carbocycles. The van der Waals surface area contributed by atoms with Crippen LogP contribution in [0.3, 0.4) is 0 Å². The molecule has 5 rings (SSSR count). The molecule has 35 heavy (non-hydrogen) atoms. The lowest BCUT2D eigenvalue weighted by atomic mass is 9.97. The van der Waals surface area contributed by atoms with Gasteiger partial charge in [0, 0.05) is 43.0 Å². The molecular formula is C28H35N3O3S. The van der Waals surface area contributed by atoms with E-state index in [0.29, 0.717) is 39.0 Å². The lowest BCUT2D eigenvalue weighted by Gasteiger charge is -2.33. The Labute approximate surface area is 211 Å². The number of benzene rings is 1. The van der Waals surface area contributed by atoms with Crippen molar-refractivity contribution in [2.75, 3.05) is 19.6 Å². The summed E-state index contributed by atoms with van der Waals surface area (Å²) >= 11 is 1.51. The van der Waals surface area contributed by atoms with Gasteiger partial charge in [-0.25, -0.2) is 0 Å². The predicted octanol–water partition coefficient (Wildman–Crippen LogP) is 4.17. The van der Waals surface area contributed by atoms with Crippen molar-refractivity contribution in [2.24, 2.45) is 11.8 Å². The molecule has 186 valence electrons. The van der Waals surface area contributed by atoms with Crippen LogP contribution in [0, 0.1) is 18.8 Å². The van der Waals surface area contributed by atoms with E-state index in [-0.39, 0.29) is 35.6 Å². The third kappa shape index (κ3) is 5.15. The molecule has 0 spiro atoms. The molecule has 3 aliphatic rings. The number of rotatable bonds is 2. The fourth-order valence-corrected chi connectivity index (χ4v) is 6.82. The zero-order valence-electron chi connectivity index (χ0n) is 20.5. The molecule has 0 bridgehead atoms. The molecule has 1 saturated heterocycles. The Balaban J connectivity index is 1.39. The van der Waals surface area contributed by atoms with Crippen LogP contribution in [0.1, 0.15) is 64.2 Å². The monoisotopic (exact) mass is 493 g/mol. The summed E-state index contributed by atoms with van der Waals surface area (Å²) in [6.07, 6.45) is 5.91. The third-order valence-electron chi connectivity index (χ3n) is 7.89. The normalized spacial score (nSPS) is 25.3. The van der Waals surface area contributed by atoms with Crippen molar-refractivity contribution in [3.8, 4) is 0 Å². The SMILES string of the molecule is Cc1ccc(C(=O)N2CCCCCCNC(=O)[C@@H]3C[C@@H](C(=O)N4CCc5ccccc5C4)C[C@@H]32)s1. The highest BCUT2D eigenvalue weighted by Crippen LogP contribution is 2.38. The number of nitrogens with one attached hydrogen (secondary N) is 1. The van der Waals surface area contributed by atoms with Crippen LogP contribution in [-0.2, 0) is 22.6 Å². The van der Waals surface area contributed by atoms with Crippen LogP contribution < -0.4 is 5.32 Å². The van der Waals surface area contributed by atoms with Gasteiger partial charge in [-0.3, -0.25) is 14.4 Å². The molecule has 2 fully saturated rings. The molecule has 0 radical (unpaired) electrons. The second-order valence-electron chi connectivity index (χ2n) is 10.2. The number of thiophene rings is 1. The smallest absolute Gasteiger partial charge is 0.264 e. The van der Waals surface area contributed by atoms with Crippen molar-refractivity contribution in [1.82, 2.24) is 15.1 Å². The van der Waals surface area contributed by atoms with Crippen LogP contribution in [0.15, 0.2) is 36.4 Å². The Morgan fingerprint density at radius 1 is 0.971 bits per heavy atom. The maximum atomic E-state index is 13.7. The highest BCUT2D eigenvalue weighted by atomic mass is 32.1. The predicted molar refractivity (Wildman–Crippen MR) is 137 cm³/mol. The molecule has 2 aliphatic heterocycles. The number of carbonyl (C=O) groups excluding carboxylic acids is 3. The fraction of sp³-hybridized carbons (Fsp3) is 0.536. The van der Waals surface area contributed by atoms with Crippen molar-refractivity contribution in [3.05, 3.63) is 57.3 Å². The average Bonchev–Trinajstić information content (AvgIpc) is 3.50. The summed E-state index contributed by atoms with van der Waals surface area (Å²) in [6, 6.07) is 12.0. The van der Waals surface area contributed by atoms with E-state index in [1.54, 1.807) is 0 Å². The Morgan fingerprint density at radius 2 is 1.77 bits per heavy atom. The largest absolute Gasteiger partial charge is 0.356 e. The molecule has 3 amide bonds. The zero-order valence-corrected chi connectivity index (χ0v) is 21.3. The lowest BCUT2D eigenvalue weighted by Crippen LogP contribution is -2.47. The van der Waals surface area contributed by atoms with Crippen LogP contribution >= 0.6 is 11.3 Å². The van der Waals surface area contributed by atoms with Crippen LogP contribution in [0.4, 0.5) is 0 Å². The summed E-state index contributed by atoms with van der Waals surface area (Å²) in [6.45, 7) is 4.66. The molecule has 1 N–H and O–H groups in total. The molecule has 0 unspecified atom stereocenters. The van der Waals surface area contributed by atoms with Gasteiger partial charge in [0.05, 0.1) is 10.8 Å². The first kappa shape index (κ1) is 24.0. The van der Waals surface area contributed by atoms with Gasteiger partial charge in [0.15, 0.2) is 0 Å². The van der Waals surface area contributed by atoms with E-state index >= 15 is 0 Å². The van der Waals surface area contributed by atoms with Gasteiger partial charge in [0.25, 0.3) is 5.91 Å². The molecular weight excluding hydrogens is 458 g/mol. The minimum atomic E-state index is -0.343. The van der Waals surface area contributed by atoms with Crippen LogP contribution in [0.2, 0.25) is 0 Å². The van der Waals surface area contributed by atoms with Gasteiger partial charge in [0.1, 0.15) is 0 Å². The summed E-state index contributed by atoms with van der Waals surface area (Å²) < 4.78 is 0. The van der Waals surface area contributed by atoms with E-state index in [1.807, 2.05) is 34.9 Å². The molecule has 7 heteroatoms. The first-order chi connectivity index (χ1) is 17.0. The Hall–Kier alpha value is -2.67. The number of carbonyl (C=O) groups is 3. The van der Waals surface area contributed by atoms with Crippen molar-refractivity contribution in [1.29, 1.82) is 0 Å². The van der Waals surface area contributed by atoms with Crippen molar-refractivity contribution in [3.63, 3.8) is 0 Å². The fourth-order valence-electron chi connectivity index (χ4n) is 6.00. The quantitative estimate of drug-likeness (QED) is 0.683. The molecule has 1 aromatic heterocycles. The maximum Gasteiger partial charge on any atom is 0.264 e. The molecule has 2 aromatic rings. The van der Waals surface area contributed by atoms with E-state index in [4.69, 9.17) is 0 Å². The lowest BCUT2D eigenvalue weighted by molar-refractivity contribution is -0.136. The Kier molecular flexibility index (Phi) is 7.23. The van der Waals surface area contributed by atoms with Gasteiger partial charge < -0.3 is 15.1 Å². The van der Waals surface area contributed by atoms with Crippen molar-refractivity contribution >= 4 is 29.1 Å². The summed E-state index contributed by atoms with van der Waals surface area (Å²) in [7, 11) is 0. The van der Waals surface area contributed by atoms with Crippen LogP contribution in [-0.4, -0.2) is 53.2 Å². The van der Waals surface area contributed by atoms with E-state index < -0.39 is 0 Å². The van der Waals surface area contributed by atoms with Crippen LogP contribution in [0.25, 0.3) is 0 Å². The van der Waals surface area contributed by atoms with E-state index in [9.17, 15) is 14.4 Å². The van der Waals surface area contributed by atoms with Crippen molar-refractivity contribution < 1.29 is 14.4 Å². The minimum Gasteiger partial charge on any atom is -0.356 e. The highest BCUT2D eigenvalue weighted by molar-refractivity contribution is 7.13. The maximum absolute atomic E-state index is 13.7. The first-order valence-corrected chi connectivity index (χ1v) is 13.8. The van der Waals surface area contributed by atoms with E-state index in [0.717, 1.165) is 41.9 Å². The average molecular weight is 494 g/mol. The molecule has 6 nitrogen and oxygen atoms in total. The molecule has 3 atom stereocenters. The van der Waals surface area contributed by atoms with Gasteiger partial charge in [-0.2, -0.15) is 0 Å². The summed E-state index contributed by atoms with van der Waals surface area (Å²) in [4.78, 5) is 46.3. The van der Waals surface area contributed by atoms with Gasteiger partial charge in [-0.15, -0.1) is 11.3 Å². The first-order valence-electron chi connectivity index (χ1n) is 13.0. The van der Waals surface area contributed by atoms with E-state index in [2.05, 4.69) is 23.5 Å². The minimum absolute atomic E-state index is 0.00338. The summed E-state index contributed by atoms with van der Waals surface area (Å²) in [5.41, 5.74) is 2.53. The number of hydrogen-bond acceptors (Lipinski definition) is 4. The van der Waals surface area contributed by atoms with Crippen molar-refractivity contribution in [2.45, 2.75) is 64.5 Å². The Bertz CT molecular complexity index is 1100. The second-order valence-corrected chi connectivity index (χ2v) is 11.5. The Morgan fingerprint density at radius 3 is 2.57 bits per heavy atom. The third-order valence-corrected chi connectivity index (χ3v) is 8.88. The number of hydrogen-bond donors (Lipinski definition) is 1. The topological polar surface area (TPSA) is 69.7 Å². The summed E-state index contributed by atoms with van der Waals surface area (Å²) in [5, 5.41) is 3.11. The van der Waals surface area contributed by atoms with Gasteiger partial charge in [-0.05, 0) is 62.3 Å². The zero-order chi connectivity index (χ0) is 24.4. The van der Waals surface area contributed by atoms with Gasteiger partial charge in [-0.1, -0.05) is 37.1 Å². The molecule has 3 heterocycles. The van der Waals surface area contributed by atoms with Gasteiger partial charge >= 0.3 is 0 Å². The second kappa shape index (κ2) is 10.5. The standard InChI is InChI=1S/C28H35N3O3S/c1-19-10-11-25(35-19)28(34)31-14-7-3-2-6-13-29-26(32)23-16-22(17-24(23)31)27(33)30-15-12-20-8-4-5-9-21(20)18-30/h4-5,8-11,22-24H,2-3,6-7,12-18H2,1H3,(H,29,32)/t22-,23-,24+/m1/s1. The molecule has 1 aromatic carbocycles. The number of amides is 3. The van der Waals surface area contributed by atoms with Crippen LogP contribution in [0.5, 0.6) is 0 Å². The number of fused-ring (bicyclic) bond motifs is 2. The molecule has 1 aliphatic carbocycles. The number of nitrogens with zero attached hydrogens (tertiary/aromatic N) is 2. The van der Waals surface area contributed by atoms with E-state index in [1.165, 1.54) is 22.5 Å². The van der Waals surface area contributed by atoms with Gasteiger partial charge in [0.2, 0.25) is 11.8 Å². The summed E-state index contributed by atoms with van der Waals surface area (Å²) in [5.74, 6) is -0.443.